The first-order valence-electron chi connectivity index (χ1n) is 9.42. The van der Waals surface area contributed by atoms with Crippen LogP contribution in [-0.2, 0) is 9.84 Å². The van der Waals surface area contributed by atoms with Gasteiger partial charge in [-0.15, -0.1) is 0 Å². The molecule has 9 heteroatoms. The molecule has 0 spiro atoms. The summed E-state index contributed by atoms with van der Waals surface area (Å²) < 4.78 is 23.7. The molecule has 1 aromatic rings. The number of anilines is 1. The van der Waals surface area contributed by atoms with E-state index in [9.17, 15) is 23.3 Å². The third-order valence-corrected chi connectivity index (χ3v) is 7.39. The molecule has 1 aliphatic carbocycles. The Morgan fingerprint density at radius 2 is 1.85 bits per heavy atom. The number of carbonyl (C=O) groups excluding carboxylic acids is 1. The van der Waals surface area contributed by atoms with Crippen molar-refractivity contribution in [3.63, 3.8) is 0 Å². The van der Waals surface area contributed by atoms with Crippen molar-refractivity contribution in [2.75, 3.05) is 29.5 Å². The summed E-state index contributed by atoms with van der Waals surface area (Å²) in [6.45, 7) is 1.56. The van der Waals surface area contributed by atoms with E-state index < -0.39 is 14.8 Å². The Kier molecular flexibility index (Phi) is 4.57. The van der Waals surface area contributed by atoms with Gasteiger partial charge < -0.3 is 9.80 Å². The van der Waals surface area contributed by atoms with Crippen molar-refractivity contribution in [1.82, 2.24) is 4.90 Å². The van der Waals surface area contributed by atoms with E-state index in [1.165, 1.54) is 6.07 Å². The van der Waals surface area contributed by atoms with Crippen molar-refractivity contribution in [2.24, 2.45) is 0 Å². The van der Waals surface area contributed by atoms with Gasteiger partial charge in [0.2, 0.25) is 0 Å². The molecule has 1 aromatic carbocycles. The third kappa shape index (κ3) is 3.65. The number of nitro benzene ring substituents is 1. The van der Waals surface area contributed by atoms with Crippen LogP contribution in [0.15, 0.2) is 18.2 Å². The Labute approximate surface area is 158 Å². The molecule has 1 atom stereocenters. The largest absolute Gasteiger partial charge is 0.366 e. The maximum absolute atomic E-state index is 13.1. The quantitative estimate of drug-likeness (QED) is 0.560. The molecular weight excluding hydrogens is 370 g/mol. The van der Waals surface area contributed by atoms with E-state index in [-0.39, 0.29) is 40.7 Å². The molecule has 27 heavy (non-hydrogen) atoms. The van der Waals surface area contributed by atoms with Crippen LogP contribution in [0.1, 0.15) is 42.5 Å². The first-order chi connectivity index (χ1) is 12.9. The van der Waals surface area contributed by atoms with Crippen LogP contribution in [-0.4, -0.2) is 60.8 Å². The van der Waals surface area contributed by atoms with Gasteiger partial charge in [0.25, 0.3) is 11.6 Å². The summed E-state index contributed by atoms with van der Waals surface area (Å²) in [4.78, 5) is 27.9. The maximum atomic E-state index is 13.1. The molecule has 0 bridgehead atoms. The number of nitrogens with zero attached hydrogens (tertiary/aromatic N) is 3. The van der Waals surface area contributed by atoms with Gasteiger partial charge in [0.1, 0.15) is 5.69 Å². The van der Waals surface area contributed by atoms with Gasteiger partial charge >= 0.3 is 0 Å². The SMILES string of the molecule is O=C(c1ccc(N2CCCC2)c([N+](=O)[O-])c1)N(C1CC1)C1CCS(=O)(=O)C1. The van der Waals surface area contributed by atoms with Gasteiger partial charge in [0, 0.05) is 36.8 Å². The number of hydrogen-bond acceptors (Lipinski definition) is 6. The minimum Gasteiger partial charge on any atom is -0.366 e. The fraction of sp³-hybridized carbons (Fsp3) is 0.611. The minimum atomic E-state index is -3.11. The second kappa shape index (κ2) is 6.78. The summed E-state index contributed by atoms with van der Waals surface area (Å²) >= 11 is 0. The lowest BCUT2D eigenvalue weighted by Gasteiger charge is -2.28. The van der Waals surface area contributed by atoms with E-state index >= 15 is 0 Å². The van der Waals surface area contributed by atoms with Crippen LogP contribution in [0, 0.1) is 10.1 Å². The molecule has 1 amide bonds. The van der Waals surface area contributed by atoms with Crippen molar-refractivity contribution in [2.45, 2.75) is 44.2 Å². The van der Waals surface area contributed by atoms with Crippen LogP contribution >= 0.6 is 0 Å². The topological polar surface area (TPSA) is 101 Å². The highest BCUT2D eigenvalue weighted by Crippen LogP contribution is 2.36. The second-order valence-electron chi connectivity index (χ2n) is 7.66. The predicted octanol–water partition coefficient (Wildman–Crippen LogP) is 1.99. The highest BCUT2D eigenvalue weighted by atomic mass is 32.2. The zero-order valence-electron chi connectivity index (χ0n) is 15.0. The molecular formula is C18H23N3O5S. The molecule has 2 aliphatic heterocycles. The standard InChI is InChI=1S/C18H23N3O5S/c22-18(20(14-4-5-14)15-7-10-27(25,26)12-15)13-3-6-16(17(11-13)21(23)24)19-8-1-2-9-19/h3,6,11,14-15H,1-2,4-5,7-10,12H2. The van der Waals surface area contributed by atoms with E-state index in [4.69, 9.17) is 0 Å². The first kappa shape index (κ1) is 18.2. The molecule has 0 N–H and O–H groups in total. The van der Waals surface area contributed by atoms with E-state index in [1.807, 2.05) is 4.90 Å². The van der Waals surface area contributed by atoms with Crippen LogP contribution in [0.4, 0.5) is 11.4 Å². The van der Waals surface area contributed by atoms with Crippen molar-refractivity contribution in [3.8, 4) is 0 Å². The van der Waals surface area contributed by atoms with Crippen LogP contribution in [0.5, 0.6) is 0 Å². The number of hydrogen-bond donors (Lipinski definition) is 0. The molecule has 8 nitrogen and oxygen atoms in total. The number of rotatable bonds is 5. The zero-order valence-corrected chi connectivity index (χ0v) is 15.9. The number of amides is 1. The lowest BCUT2D eigenvalue weighted by molar-refractivity contribution is -0.384. The summed E-state index contributed by atoms with van der Waals surface area (Å²) in [5.41, 5.74) is 0.758. The van der Waals surface area contributed by atoms with Crippen LogP contribution < -0.4 is 4.90 Å². The summed E-state index contributed by atoms with van der Waals surface area (Å²) in [5, 5.41) is 11.6. The molecule has 2 saturated heterocycles. The maximum Gasteiger partial charge on any atom is 0.293 e. The second-order valence-corrected chi connectivity index (χ2v) is 9.88. The first-order valence-corrected chi connectivity index (χ1v) is 11.2. The van der Waals surface area contributed by atoms with Gasteiger partial charge in [-0.05, 0) is 44.2 Å². The monoisotopic (exact) mass is 393 g/mol. The average molecular weight is 393 g/mol. The van der Waals surface area contributed by atoms with Crippen LogP contribution in [0.3, 0.4) is 0 Å². The van der Waals surface area contributed by atoms with Gasteiger partial charge in [-0.2, -0.15) is 0 Å². The summed E-state index contributed by atoms with van der Waals surface area (Å²) in [5.74, 6) is -0.207. The van der Waals surface area contributed by atoms with Crippen molar-refractivity contribution >= 4 is 27.1 Å². The van der Waals surface area contributed by atoms with E-state index in [0.717, 1.165) is 38.8 Å². The Bertz CT molecular complexity index is 875. The van der Waals surface area contributed by atoms with E-state index in [1.54, 1.807) is 17.0 Å². The van der Waals surface area contributed by atoms with Crippen molar-refractivity contribution in [1.29, 1.82) is 0 Å². The molecule has 1 unspecified atom stereocenters. The molecule has 0 radical (unpaired) electrons. The predicted molar refractivity (Wildman–Crippen MR) is 101 cm³/mol. The van der Waals surface area contributed by atoms with Gasteiger partial charge in [-0.3, -0.25) is 14.9 Å². The molecule has 1 saturated carbocycles. The Hall–Kier alpha value is -2.16. The van der Waals surface area contributed by atoms with Crippen LogP contribution in [0.25, 0.3) is 0 Å². The third-order valence-electron chi connectivity index (χ3n) is 5.64. The Balaban J connectivity index is 1.64. The molecule has 4 rings (SSSR count). The summed E-state index contributed by atoms with van der Waals surface area (Å²) in [6, 6.07) is 4.38. The van der Waals surface area contributed by atoms with Gasteiger partial charge in [-0.25, -0.2) is 8.42 Å². The lowest BCUT2D eigenvalue weighted by Crippen LogP contribution is -2.42. The van der Waals surface area contributed by atoms with Gasteiger partial charge in [0.05, 0.1) is 16.4 Å². The molecule has 146 valence electrons. The molecule has 3 aliphatic rings. The highest BCUT2D eigenvalue weighted by molar-refractivity contribution is 7.91. The van der Waals surface area contributed by atoms with Crippen LogP contribution in [0.2, 0.25) is 0 Å². The normalized spacial score (nSPS) is 24.1. The number of benzene rings is 1. The zero-order chi connectivity index (χ0) is 19.2. The van der Waals surface area contributed by atoms with Gasteiger partial charge in [-0.1, -0.05) is 0 Å². The van der Waals surface area contributed by atoms with Gasteiger partial charge in [0.15, 0.2) is 9.84 Å². The molecule has 3 fully saturated rings. The Morgan fingerprint density at radius 1 is 1.15 bits per heavy atom. The lowest BCUT2D eigenvalue weighted by atomic mass is 10.1. The summed E-state index contributed by atoms with van der Waals surface area (Å²) in [7, 11) is -3.11. The fourth-order valence-corrected chi connectivity index (χ4v) is 5.87. The highest BCUT2D eigenvalue weighted by Gasteiger charge is 2.42. The van der Waals surface area contributed by atoms with Crippen molar-refractivity contribution in [3.05, 3.63) is 33.9 Å². The number of carbonyl (C=O) groups is 1. The summed E-state index contributed by atoms with van der Waals surface area (Å²) in [6.07, 6.45) is 4.16. The van der Waals surface area contributed by atoms with E-state index in [2.05, 4.69) is 0 Å². The fourth-order valence-electron chi connectivity index (χ4n) is 4.15. The van der Waals surface area contributed by atoms with E-state index in [0.29, 0.717) is 12.1 Å². The van der Waals surface area contributed by atoms with Crippen molar-refractivity contribution < 1.29 is 18.1 Å². The number of nitro groups is 1. The molecule has 2 heterocycles. The number of sulfone groups is 1. The average Bonchev–Trinajstić information content (AvgIpc) is 3.17. The Morgan fingerprint density at radius 3 is 2.41 bits per heavy atom. The smallest absolute Gasteiger partial charge is 0.293 e. The minimum absolute atomic E-state index is 0.0107. The molecule has 0 aromatic heterocycles.